The van der Waals surface area contributed by atoms with Crippen molar-refractivity contribution in [1.29, 1.82) is 0 Å². The van der Waals surface area contributed by atoms with Crippen molar-refractivity contribution in [2.45, 2.75) is 6.42 Å². The predicted octanol–water partition coefficient (Wildman–Crippen LogP) is 3.26. The summed E-state index contributed by atoms with van der Waals surface area (Å²) in [7, 11) is 1.56. The van der Waals surface area contributed by atoms with Crippen LogP contribution < -0.4 is 15.0 Å². The Balaban J connectivity index is 1.39. The van der Waals surface area contributed by atoms with E-state index in [0.717, 1.165) is 6.42 Å². The third-order valence-corrected chi connectivity index (χ3v) is 6.16. The molecule has 4 atom stereocenters. The minimum absolute atomic E-state index is 0.151. The number of carbonyl (C=O) groups is 3. The molecule has 1 N–H and O–H groups in total. The number of carbonyl (C=O) groups excluding carboxylic acids is 3. The molecule has 0 radical (unpaired) electrons. The molecular formula is C23H20N2O4. The van der Waals surface area contributed by atoms with E-state index in [4.69, 9.17) is 4.74 Å². The zero-order chi connectivity index (χ0) is 20.1. The number of nitrogens with zero attached hydrogens (tertiary/aromatic N) is 1. The molecule has 0 spiro atoms. The largest absolute Gasteiger partial charge is 0.497 e. The minimum Gasteiger partial charge on any atom is -0.497 e. The maximum absolute atomic E-state index is 13.0. The summed E-state index contributed by atoms with van der Waals surface area (Å²) in [6.45, 7) is 0. The van der Waals surface area contributed by atoms with Gasteiger partial charge in [-0.1, -0.05) is 24.3 Å². The van der Waals surface area contributed by atoms with Crippen LogP contribution in [-0.4, -0.2) is 24.8 Å². The van der Waals surface area contributed by atoms with Crippen LogP contribution in [0.5, 0.6) is 5.75 Å². The van der Waals surface area contributed by atoms with Crippen LogP contribution in [0.15, 0.2) is 60.7 Å². The van der Waals surface area contributed by atoms with E-state index in [2.05, 4.69) is 17.5 Å². The predicted molar refractivity (Wildman–Crippen MR) is 108 cm³/mol. The number of ether oxygens (including phenoxy) is 1. The molecule has 2 bridgehead atoms. The lowest BCUT2D eigenvalue weighted by molar-refractivity contribution is -0.123. The Kier molecular flexibility index (Phi) is 4.01. The Labute approximate surface area is 168 Å². The maximum atomic E-state index is 13.0. The molecule has 29 heavy (non-hydrogen) atoms. The van der Waals surface area contributed by atoms with Crippen LogP contribution in [0.1, 0.15) is 16.8 Å². The molecule has 146 valence electrons. The highest BCUT2D eigenvalue weighted by molar-refractivity contribution is 6.23. The highest BCUT2D eigenvalue weighted by Crippen LogP contribution is 2.53. The molecule has 1 saturated heterocycles. The van der Waals surface area contributed by atoms with Gasteiger partial charge in [-0.05, 0) is 48.6 Å². The van der Waals surface area contributed by atoms with Crippen LogP contribution >= 0.6 is 0 Å². The summed E-state index contributed by atoms with van der Waals surface area (Å²) < 4.78 is 5.17. The summed E-state index contributed by atoms with van der Waals surface area (Å²) in [5.41, 5.74) is 1.43. The molecule has 1 aliphatic heterocycles. The first-order valence-corrected chi connectivity index (χ1v) is 9.68. The molecule has 6 heteroatoms. The van der Waals surface area contributed by atoms with Gasteiger partial charge in [-0.3, -0.25) is 14.4 Å². The Morgan fingerprint density at radius 1 is 1.00 bits per heavy atom. The maximum Gasteiger partial charge on any atom is 0.255 e. The third kappa shape index (κ3) is 2.75. The normalized spacial score (nSPS) is 26.7. The fourth-order valence-corrected chi connectivity index (χ4v) is 4.85. The van der Waals surface area contributed by atoms with Crippen molar-refractivity contribution in [1.82, 2.24) is 0 Å². The number of imide groups is 1. The van der Waals surface area contributed by atoms with E-state index >= 15 is 0 Å². The number of nitrogens with one attached hydrogen (secondary N) is 1. The first-order valence-electron chi connectivity index (χ1n) is 9.68. The van der Waals surface area contributed by atoms with Gasteiger partial charge < -0.3 is 10.1 Å². The molecule has 1 heterocycles. The second-order valence-electron chi connectivity index (χ2n) is 7.75. The second kappa shape index (κ2) is 6.58. The van der Waals surface area contributed by atoms with E-state index < -0.39 is 0 Å². The lowest BCUT2D eigenvalue weighted by atomic mass is 9.85. The molecule has 0 unspecified atom stereocenters. The van der Waals surface area contributed by atoms with E-state index in [-0.39, 0.29) is 41.4 Å². The molecule has 3 aliphatic rings. The average molecular weight is 388 g/mol. The molecule has 1 saturated carbocycles. The second-order valence-corrected chi connectivity index (χ2v) is 7.75. The number of benzene rings is 2. The summed E-state index contributed by atoms with van der Waals surface area (Å²) in [5.74, 6) is -0.180. The number of amides is 3. The molecule has 5 rings (SSSR count). The van der Waals surface area contributed by atoms with Gasteiger partial charge in [0.1, 0.15) is 5.75 Å². The molecule has 2 aromatic rings. The molecule has 2 fully saturated rings. The molecule has 0 aromatic heterocycles. The smallest absolute Gasteiger partial charge is 0.255 e. The number of fused-ring (bicyclic) bond motifs is 5. The SMILES string of the molecule is COc1cccc(NC(=O)c2cccc(N3C(=O)[C@@H]4[C@H](C3=O)[C@H]3C=C[C@H]4C3)c2)c1. The fourth-order valence-electron chi connectivity index (χ4n) is 4.85. The van der Waals surface area contributed by atoms with Crippen LogP contribution in [0, 0.1) is 23.7 Å². The number of anilines is 2. The van der Waals surface area contributed by atoms with Crippen LogP contribution in [0.2, 0.25) is 0 Å². The van der Waals surface area contributed by atoms with Gasteiger partial charge in [-0.15, -0.1) is 0 Å². The van der Waals surface area contributed by atoms with Gasteiger partial charge in [-0.25, -0.2) is 4.90 Å². The van der Waals surface area contributed by atoms with Crippen LogP contribution in [-0.2, 0) is 9.59 Å². The van der Waals surface area contributed by atoms with Crippen molar-refractivity contribution in [3.63, 3.8) is 0 Å². The molecule has 2 aliphatic carbocycles. The van der Waals surface area contributed by atoms with Gasteiger partial charge in [0.15, 0.2) is 0 Å². The standard InChI is InChI=1S/C23H20N2O4/c1-29-18-7-3-5-16(12-18)24-21(26)15-4-2-6-17(11-15)25-22(27)19-13-8-9-14(10-13)20(19)23(25)28/h2-9,11-14,19-20H,10H2,1H3,(H,24,26)/t13-,14-,19-,20+/m0/s1. The van der Waals surface area contributed by atoms with Crippen molar-refractivity contribution in [3.05, 3.63) is 66.2 Å². The topological polar surface area (TPSA) is 75.7 Å². The Bertz CT molecular complexity index is 1030. The van der Waals surface area contributed by atoms with E-state index in [1.165, 1.54) is 4.90 Å². The van der Waals surface area contributed by atoms with Gasteiger partial charge in [0.05, 0.1) is 24.6 Å². The van der Waals surface area contributed by atoms with Crippen molar-refractivity contribution in [2.75, 3.05) is 17.3 Å². The van der Waals surface area contributed by atoms with E-state index in [0.29, 0.717) is 22.7 Å². The Morgan fingerprint density at radius 3 is 2.38 bits per heavy atom. The first kappa shape index (κ1) is 17.7. The quantitative estimate of drug-likeness (QED) is 0.644. The van der Waals surface area contributed by atoms with Crippen molar-refractivity contribution < 1.29 is 19.1 Å². The Morgan fingerprint density at radius 2 is 1.69 bits per heavy atom. The summed E-state index contributed by atoms with van der Waals surface area (Å²) in [5, 5.41) is 2.82. The fraction of sp³-hybridized carbons (Fsp3) is 0.261. The summed E-state index contributed by atoms with van der Waals surface area (Å²) in [6.07, 6.45) is 5.03. The number of methoxy groups -OCH3 is 1. The van der Waals surface area contributed by atoms with Gasteiger partial charge in [0.25, 0.3) is 5.91 Å². The minimum atomic E-state index is -0.318. The summed E-state index contributed by atoms with van der Waals surface area (Å²) in [6, 6.07) is 13.7. The lowest BCUT2D eigenvalue weighted by Crippen LogP contribution is -2.33. The van der Waals surface area contributed by atoms with Crippen LogP contribution in [0.25, 0.3) is 0 Å². The summed E-state index contributed by atoms with van der Waals surface area (Å²) >= 11 is 0. The van der Waals surface area contributed by atoms with E-state index in [1.54, 1.807) is 55.6 Å². The number of rotatable bonds is 4. The molecular weight excluding hydrogens is 368 g/mol. The van der Waals surface area contributed by atoms with Crippen LogP contribution in [0.3, 0.4) is 0 Å². The third-order valence-electron chi connectivity index (χ3n) is 6.16. The number of hydrogen-bond acceptors (Lipinski definition) is 4. The zero-order valence-corrected chi connectivity index (χ0v) is 15.9. The van der Waals surface area contributed by atoms with Gasteiger partial charge in [0, 0.05) is 17.3 Å². The van der Waals surface area contributed by atoms with E-state index in [9.17, 15) is 14.4 Å². The van der Waals surface area contributed by atoms with Gasteiger partial charge in [0.2, 0.25) is 11.8 Å². The zero-order valence-electron chi connectivity index (χ0n) is 15.9. The van der Waals surface area contributed by atoms with Gasteiger partial charge in [-0.2, -0.15) is 0 Å². The highest BCUT2D eigenvalue weighted by Gasteiger charge is 2.59. The number of hydrogen-bond donors (Lipinski definition) is 1. The lowest BCUT2D eigenvalue weighted by Gasteiger charge is -2.18. The molecule has 3 amide bonds. The van der Waals surface area contributed by atoms with Crippen molar-refractivity contribution in [2.24, 2.45) is 23.7 Å². The summed E-state index contributed by atoms with van der Waals surface area (Å²) in [4.78, 5) is 39.9. The van der Waals surface area contributed by atoms with Crippen molar-refractivity contribution in [3.8, 4) is 5.75 Å². The highest BCUT2D eigenvalue weighted by atomic mass is 16.5. The van der Waals surface area contributed by atoms with Crippen LogP contribution in [0.4, 0.5) is 11.4 Å². The first-order chi connectivity index (χ1) is 14.1. The van der Waals surface area contributed by atoms with E-state index in [1.807, 2.05) is 0 Å². The van der Waals surface area contributed by atoms with Crippen molar-refractivity contribution >= 4 is 29.1 Å². The molecule has 2 aromatic carbocycles. The van der Waals surface area contributed by atoms with Gasteiger partial charge >= 0.3 is 0 Å². The molecule has 6 nitrogen and oxygen atoms in total. The average Bonchev–Trinajstić information content (AvgIpc) is 3.42. The monoisotopic (exact) mass is 388 g/mol. The Hall–Kier alpha value is -3.41. The number of allylic oxidation sites excluding steroid dienone is 2.